The SMILES string of the molecule is CCOC(=O)c1cc2cccc(-c3ccc(F)cc3F)c2[nH]1. The van der Waals surface area contributed by atoms with Crippen molar-refractivity contribution in [1.82, 2.24) is 4.98 Å². The fourth-order valence-electron chi connectivity index (χ4n) is 2.41. The van der Waals surface area contributed by atoms with Crippen LogP contribution in [0.5, 0.6) is 0 Å². The molecule has 0 fully saturated rings. The first-order valence-corrected chi connectivity index (χ1v) is 6.84. The number of rotatable bonds is 3. The van der Waals surface area contributed by atoms with Crippen LogP contribution in [0.4, 0.5) is 8.78 Å². The highest BCUT2D eigenvalue weighted by Crippen LogP contribution is 2.31. The topological polar surface area (TPSA) is 42.1 Å². The zero-order valence-electron chi connectivity index (χ0n) is 11.8. The molecule has 3 aromatic rings. The molecule has 0 aliphatic heterocycles. The third kappa shape index (κ3) is 2.45. The summed E-state index contributed by atoms with van der Waals surface area (Å²) in [5.41, 5.74) is 1.73. The molecule has 0 saturated carbocycles. The molecule has 5 heteroatoms. The van der Waals surface area contributed by atoms with Gasteiger partial charge in [0.15, 0.2) is 0 Å². The number of halogens is 2. The molecule has 0 unspecified atom stereocenters. The summed E-state index contributed by atoms with van der Waals surface area (Å²) in [7, 11) is 0. The van der Waals surface area contributed by atoms with Gasteiger partial charge in [-0.3, -0.25) is 0 Å². The summed E-state index contributed by atoms with van der Waals surface area (Å²) in [5, 5.41) is 0.754. The quantitative estimate of drug-likeness (QED) is 0.733. The minimum Gasteiger partial charge on any atom is -0.461 e. The third-order valence-electron chi connectivity index (χ3n) is 3.37. The molecule has 0 radical (unpaired) electrons. The number of benzene rings is 2. The average molecular weight is 301 g/mol. The predicted octanol–water partition coefficient (Wildman–Crippen LogP) is 4.29. The van der Waals surface area contributed by atoms with Crippen LogP contribution >= 0.6 is 0 Å². The fraction of sp³-hybridized carbons (Fsp3) is 0.118. The number of carbonyl (C=O) groups excluding carboxylic acids is 1. The van der Waals surface area contributed by atoms with E-state index in [1.165, 1.54) is 12.1 Å². The lowest BCUT2D eigenvalue weighted by Gasteiger charge is -2.05. The fourth-order valence-corrected chi connectivity index (χ4v) is 2.41. The van der Waals surface area contributed by atoms with Gasteiger partial charge in [-0.1, -0.05) is 18.2 Å². The Balaban J connectivity index is 2.16. The van der Waals surface area contributed by atoms with Crippen LogP contribution in [0.25, 0.3) is 22.0 Å². The van der Waals surface area contributed by atoms with Gasteiger partial charge in [-0.25, -0.2) is 13.6 Å². The Morgan fingerprint density at radius 1 is 1.14 bits per heavy atom. The normalized spacial score (nSPS) is 10.9. The van der Waals surface area contributed by atoms with Crippen molar-refractivity contribution in [2.75, 3.05) is 6.61 Å². The third-order valence-corrected chi connectivity index (χ3v) is 3.37. The first-order valence-electron chi connectivity index (χ1n) is 6.84. The van der Waals surface area contributed by atoms with E-state index in [2.05, 4.69) is 4.98 Å². The van der Waals surface area contributed by atoms with Crippen LogP contribution in [0.1, 0.15) is 17.4 Å². The second-order valence-corrected chi connectivity index (χ2v) is 4.80. The van der Waals surface area contributed by atoms with E-state index in [9.17, 15) is 13.6 Å². The van der Waals surface area contributed by atoms with Crippen LogP contribution < -0.4 is 0 Å². The molecule has 0 aliphatic carbocycles. The lowest BCUT2D eigenvalue weighted by Crippen LogP contribution is -2.04. The number of aromatic nitrogens is 1. The highest BCUT2D eigenvalue weighted by molar-refractivity contribution is 6.00. The number of nitrogens with one attached hydrogen (secondary N) is 1. The van der Waals surface area contributed by atoms with E-state index in [-0.39, 0.29) is 12.2 Å². The Morgan fingerprint density at radius 2 is 1.95 bits per heavy atom. The van der Waals surface area contributed by atoms with Crippen LogP contribution in [0.2, 0.25) is 0 Å². The predicted molar refractivity (Wildman–Crippen MR) is 79.6 cm³/mol. The number of esters is 1. The van der Waals surface area contributed by atoms with Crippen LogP contribution in [0, 0.1) is 11.6 Å². The van der Waals surface area contributed by atoms with E-state index >= 15 is 0 Å². The Bertz CT molecular complexity index is 855. The number of ether oxygens (including phenoxy) is 1. The van der Waals surface area contributed by atoms with E-state index in [4.69, 9.17) is 4.74 Å². The van der Waals surface area contributed by atoms with Crippen LogP contribution in [-0.2, 0) is 4.74 Å². The zero-order chi connectivity index (χ0) is 15.7. The molecule has 1 N–H and O–H groups in total. The number of carbonyl (C=O) groups is 1. The van der Waals surface area contributed by atoms with Crippen molar-refractivity contribution < 1.29 is 18.3 Å². The lowest BCUT2D eigenvalue weighted by molar-refractivity contribution is 0.0520. The van der Waals surface area contributed by atoms with E-state index < -0.39 is 17.6 Å². The number of aromatic amines is 1. The summed E-state index contributed by atoms with van der Waals surface area (Å²) in [6.07, 6.45) is 0. The molecule has 0 atom stereocenters. The Hall–Kier alpha value is -2.69. The van der Waals surface area contributed by atoms with Gasteiger partial charge in [0.2, 0.25) is 0 Å². The van der Waals surface area contributed by atoms with Crippen LogP contribution in [-0.4, -0.2) is 17.6 Å². The summed E-state index contributed by atoms with van der Waals surface area (Å²) >= 11 is 0. The number of hydrogen-bond acceptors (Lipinski definition) is 2. The Labute approximate surface area is 125 Å². The molecule has 22 heavy (non-hydrogen) atoms. The zero-order valence-corrected chi connectivity index (χ0v) is 11.8. The van der Waals surface area contributed by atoms with Crippen molar-refractivity contribution in [3.05, 3.63) is 59.8 Å². The van der Waals surface area contributed by atoms with Gasteiger partial charge in [0.1, 0.15) is 17.3 Å². The molecule has 0 amide bonds. The molecule has 0 bridgehead atoms. The van der Waals surface area contributed by atoms with Gasteiger partial charge in [-0.2, -0.15) is 0 Å². The van der Waals surface area contributed by atoms with E-state index in [0.29, 0.717) is 16.8 Å². The second kappa shape index (κ2) is 5.60. The van der Waals surface area contributed by atoms with Gasteiger partial charge in [0, 0.05) is 22.6 Å². The maximum Gasteiger partial charge on any atom is 0.354 e. The van der Waals surface area contributed by atoms with Gasteiger partial charge in [-0.05, 0) is 25.1 Å². The Morgan fingerprint density at radius 3 is 2.68 bits per heavy atom. The molecule has 0 aliphatic rings. The molecule has 3 nitrogen and oxygen atoms in total. The molecule has 2 aromatic carbocycles. The average Bonchev–Trinajstić information content (AvgIpc) is 2.92. The summed E-state index contributed by atoms with van der Waals surface area (Å²) in [5.74, 6) is -1.75. The van der Waals surface area contributed by atoms with Crippen molar-refractivity contribution in [1.29, 1.82) is 0 Å². The maximum atomic E-state index is 14.0. The number of hydrogen-bond donors (Lipinski definition) is 1. The van der Waals surface area contributed by atoms with E-state index in [1.54, 1.807) is 31.2 Å². The van der Waals surface area contributed by atoms with Gasteiger partial charge in [-0.15, -0.1) is 0 Å². The smallest absolute Gasteiger partial charge is 0.354 e. The minimum atomic E-state index is -0.653. The van der Waals surface area contributed by atoms with Crippen molar-refractivity contribution >= 4 is 16.9 Å². The van der Waals surface area contributed by atoms with Crippen LogP contribution in [0.3, 0.4) is 0 Å². The second-order valence-electron chi connectivity index (χ2n) is 4.80. The van der Waals surface area contributed by atoms with Gasteiger partial charge < -0.3 is 9.72 Å². The molecule has 0 saturated heterocycles. The summed E-state index contributed by atoms with van der Waals surface area (Å²) in [6, 6.07) is 10.3. The summed E-state index contributed by atoms with van der Waals surface area (Å²) < 4.78 is 32.0. The maximum absolute atomic E-state index is 14.0. The first-order chi connectivity index (χ1) is 10.6. The molecule has 112 valence electrons. The molecule has 1 heterocycles. The monoisotopic (exact) mass is 301 g/mol. The van der Waals surface area contributed by atoms with Crippen molar-refractivity contribution in [2.45, 2.75) is 6.92 Å². The molecule has 1 aromatic heterocycles. The van der Waals surface area contributed by atoms with Gasteiger partial charge in [0.05, 0.1) is 12.1 Å². The van der Waals surface area contributed by atoms with Crippen LogP contribution in [0.15, 0.2) is 42.5 Å². The number of H-pyrrole nitrogens is 1. The van der Waals surface area contributed by atoms with E-state index in [0.717, 1.165) is 11.5 Å². The van der Waals surface area contributed by atoms with Crippen molar-refractivity contribution in [3.8, 4) is 11.1 Å². The summed E-state index contributed by atoms with van der Waals surface area (Å²) in [4.78, 5) is 14.8. The highest BCUT2D eigenvalue weighted by atomic mass is 19.1. The molecule has 3 rings (SSSR count). The van der Waals surface area contributed by atoms with E-state index in [1.807, 2.05) is 0 Å². The number of para-hydroxylation sites is 1. The molecule has 0 spiro atoms. The van der Waals surface area contributed by atoms with Crippen molar-refractivity contribution in [3.63, 3.8) is 0 Å². The minimum absolute atomic E-state index is 0.268. The largest absolute Gasteiger partial charge is 0.461 e. The number of fused-ring (bicyclic) bond motifs is 1. The van der Waals surface area contributed by atoms with Crippen molar-refractivity contribution in [2.24, 2.45) is 0 Å². The highest BCUT2D eigenvalue weighted by Gasteiger charge is 2.15. The first kappa shape index (κ1) is 14.3. The summed E-state index contributed by atoms with van der Waals surface area (Å²) in [6.45, 7) is 1.99. The molecular weight excluding hydrogens is 288 g/mol. The Kier molecular flexibility index (Phi) is 3.63. The standard InChI is InChI=1S/C17H13F2NO2/c1-2-22-17(21)15-8-10-4-3-5-13(16(10)20-15)12-7-6-11(18)9-14(12)19/h3-9,20H,2H2,1H3. The molecular formula is C17H13F2NO2. The van der Waals surface area contributed by atoms with Gasteiger partial charge >= 0.3 is 5.97 Å². The van der Waals surface area contributed by atoms with Gasteiger partial charge in [0.25, 0.3) is 0 Å². The lowest BCUT2D eigenvalue weighted by atomic mass is 10.0.